The van der Waals surface area contributed by atoms with Gasteiger partial charge in [-0.3, -0.25) is 10.1 Å². The Morgan fingerprint density at radius 3 is 2.12 bits per heavy atom. The minimum atomic E-state index is -4.05. The van der Waals surface area contributed by atoms with Crippen LogP contribution in [0.1, 0.15) is 25.3 Å². The second-order valence-electron chi connectivity index (χ2n) is 5.66. The van der Waals surface area contributed by atoms with Crippen molar-refractivity contribution in [2.75, 3.05) is 0 Å². The van der Waals surface area contributed by atoms with Crippen molar-refractivity contribution in [3.8, 4) is 0 Å². The molecule has 2 rings (SSSR count). The summed E-state index contributed by atoms with van der Waals surface area (Å²) in [7, 11) is -4.05. The Bertz CT molecular complexity index is 779. The molecule has 2 aromatic rings. The molecule has 0 fully saturated rings. The molecular weight excluding hydrogens is 358 g/mol. The van der Waals surface area contributed by atoms with Crippen LogP contribution in [0.3, 0.4) is 0 Å². The largest absolute Gasteiger partial charge is 0.326 e. The average molecular weight is 380 g/mol. The number of benzene rings is 2. The van der Waals surface area contributed by atoms with Gasteiger partial charge in [-0.2, -0.15) is 0 Å². The van der Waals surface area contributed by atoms with Gasteiger partial charge in [-0.1, -0.05) is 61.9 Å². The lowest BCUT2D eigenvalue weighted by atomic mass is 10.2. The van der Waals surface area contributed by atoms with Gasteiger partial charge in [0.05, 0.1) is 10.1 Å². The second-order valence-corrected chi connectivity index (χ2v) is 8.93. The lowest BCUT2D eigenvalue weighted by Gasteiger charge is -2.20. The SMILES string of the molecule is CCCC(SCc1ccccc1)C([N+](=O)[O-])S(=O)(=O)c1ccccc1. The molecule has 2 atom stereocenters. The molecule has 7 heteroatoms. The van der Waals surface area contributed by atoms with E-state index in [1.807, 2.05) is 37.3 Å². The Morgan fingerprint density at radius 2 is 1.60 bits per heavy atom. The number of nitrogens with zero attached hydrogens (tertiary/aromatic N) is 1. The van der Waals surface area contributed by atoms with Gasteiger partial charge in [0.25, 0.3) is 0 Å². The predicted octanol–water partition coefficient (Wildman–Crippen LogP) is 4.17. The molecule has 5 nitrogen and oxygen atoms in total. The quantitative estimate of drug-likeness (QED) is 0.483. The standard InChI is InChI=1S/C18H21NO4S2/c1-2-9-17(24-14-15-10-5-3-6-11-15)18(19(20)21)25(22,23)16-12-7-4-8-13-16/h3-8,10-13,17-18H,2,9,14H2,1H3. The summed E-state index contributed by atoms with van der Waals surface area (Å²) in [4.78, 5) is 11.0. The third-order valence-corrected chi connectivity index (χ3v) is 7.46. The fourth-order valence-corrected chi connectivity index (χ4v) is 6.09. The smallest absolute Gasteiger partial charge is 0.263 e. The monoisotopic (exact) mass is 379 g/mol. The van der Waals surface area contributed by atoms with Gasteiger partial charge in [0.1, 0.15) is 0 Å². The van der Waals surface area contributed by atoms with E-state index in [1.165, 1.54) is 23.9 Å². The van der Waals surface area contributed by atoms with Crippen LogP contribution in [0.2, 0.25) is 0 Å². The van der Waals surface area contributed by atoms with Gasteiger partial charge in [0, 0.05) is 10.7 Å². The summed E-state index contributed by atoms with van der Waals surface area (Å²) < 4.78 is 25.7. The van der Waals surface area contributed by atoms with E-state index < -0.39 is 25.4 Å². The van der Waals surface area contributed by atoms with Crippen molar-refractivity contribution in [3.63, 3.8) is 0 Å². The van der Waals surface area contributed by atoms with Crippen LogP contribution in [-0.2, 0) is 15.6 Å². The Balaban J connectivity index is 2.29. The van der Waals surface area contributed by atoms with E-state index in [0.717, 1.165) is 5.56 Å². The molecule has 2 aromatic carbocycles. The molecule has 0 aliphatic rings. The second kappa shape index (κ2) is 9.01. The molecule has 0 aromatic heterocycles. The highest BCUT2D eigenvalue weighted by Crippen LogP contribution is 2.31. The fraction of sp³-hybridized carbons (Fsp3) is 0.333. The van der Waals surface area contributed by atoms with Crippen LogP contribution in [0.5, 0.6) is 0 Å². The zero-order valence-corrected chi connectivity index (χ0v) is 15.6. The summed E-state index contributed by atoms with van der Waals surface area (Å²) in [5.41, 5.74) is 1.02. The van der Waals surface area contributed by atoms with Crippen LogP contribution < -0.4 is 0 Å². The summed E-state index contributed by atoms with van der Waals surface area (Å²) in [6, 6.07) is 17.2. The van der Waals surface area contributed by atoms with Gasteiger partial charge in [0.15, 0.2) is 0 Å². The highest BCUT2D eigenvalue weighted by atomic mass is 32.2. The molecule has 134 valence electrons. The molecule has 0 aliphatic carbocycles. The minimum Gasteiger partial charge on any atom is -0.263 e. The van der Waals surface area contributed by atoms with Crippen molar-refractivity contribution in [3.05, 3.63) is 76.3 Å². The summed E-state index contributed by atoms with van der Waals surface area (Å²) in [5, 5.41) is 9.40. The molecule has 0 bridgehead atoms. The van der Waals surface area contributed by atoms with Crippen molar-refractivity contribution in [1.82, 2.24) is 0 Å². The van der Waals surface area contributed by atoms with E-state index in [9.17, 15) is 18.5 Å². The normalized spacial score (nSPS) is 14.0. The van der Waals surface area contributed by atoms with Gasteiger partial charge in [-0.15, -0.1) is 11.8 Å². The van der Waals surface area contributed by atoms with Crippen LogP contribution in [0, 0.1) is 10.1 Å². The van der Waals surface area contributed by atoms with Gasteiger partial charge in [-0.05, 0) is 24.1 Å². The van der Waals surface area contributed by atoms with Crippen molar-refractivity contribution in [2.45, 2.75) is 41.0 Å². The lowest BCUT2D eigenvalue weighted by Crippen LogP contribution is -2.39. The Kier molecular flexibility index (Phi) is 7.01. The van der Waals surface area contributed by atoms with Crippen molar-refractivity contribution in [2.24, 2.45) is 0 Å². The Labute approximate surface area is 152 Å². The molecule has 0 saturated heterocycles. The Morgan fingerprint density at radius 1 is 1.04 bits per heavy atom. The van der Waals surface area contributed by atoms with Crippen LogP contribution >= 0.6 is 11.8 Å². The molecule has 0 N–H and O–H groups in total. The molecule has 0 spiro atoms. The minimum absolute atomic E-state index is 0.00175. The first-order valence-corrected chi connectivity index (χ1v) is 10.6. The van der Waals surface area contributed by atoms with E-state index in [1.54, 1.807) is 18.2 Å². The first kappa shape index (κ1) is 19.5. The van der Waals surface area contributed by atoms with Crippen molar-refractivity contribution in [1.29, 1.82) is 0 Å². The average Bonchev–Trinajstić information content (AvgIpc) is 2.61. The van der Waals surface area contributed by atoms with E-state index in [0.29, 0.717) is 18.6 Å². The number of hydrogen-bond acceptors (Lipinski definition) is 5. The number of rotatable bonds is 9. The van der Waals surface area contributed by atoms with Crippen LogP contribution in [0.25, 0.3) is 0 Å². The van der Waals surface area contributed by atoms with E-state index in [4.69, 9.17) is 0 Å². The number of sulfone groups is 1. The maximum Gasteiger partial charge on any atom is 0.326 e. The number of hydrogen-bond donors (Lipinski definition) is 0. The predicted molar refractivity (Wildman–Crippen MR) is 101 cm³/mol. The topological polar surface area (TPSA) is 77.3 Å². The zero-order chi connectivity index (χ0) is 18.3. The summed E-state index contributed by atoms with van der Waals surface area (Å²) >= 11 is 1.34. The van der Waals surface area contributed by atoms with E-state index >= 15 is 0 Å². The molecule has 25 heavy (non-hydrogen) atoms. The maximum absolute atomic E-state index is 12.8. The summed E-state index contributed by atoms with van der Waals surface area (Å²) in [6.45, 7) is 1.90. The van der Waals surface area contributed by atoms with E-state index in [-0.39, 0.29) is 4.90 Å². The number of thioether (sulfide) groups is 1. The molecule has 0 aliphatic heterocycles. The van der Waals surface area contributed by atoms with Gasteiger partial charge < -0.3 is 0 Å². The summed E-state index contributed by atoms with van der Waals surface area (Å²) in [6.07, 6.45) is 1.15. The van der Waals surface area contributed by atoms with Gasteiger partial charge in [-0.25, -0.2) is 8.42 Å². The highest BCUT2D eigenvalue weighted by molar-refractivity contribution is 8.00. The summed E-state index contributed by atoms with van der Waals surface area (Å²) in [5.74, 6) is 0.542. The third-order valence-electron chi connectivity index (χ3n) is 3.80. The van der Waals surface area contributed by atoms with E-state index in [2.05, 4.69) is 0 Å². The van der Waals surface area contributed by atoms with Crippen molar-refractivity contribution >= 4 is 21.6 Å². The molecule has 2 unspecified atom stereocenters. The van der Waals surface area contributed by atoms with Gasteiger partial charge in [0.2, 0.25) is 9.84 Å². The van der Waals surface area contributed by atoms with Crippen LogP contribution in [0.15, 0.2) is 65.6 Å². The maximum atomic E-state index is 12.8. The third kappa shape index (κ3) is 5.06. The molecule has 0 amide bonds. The molecular formula is C18H21NO4S2. The Hall–Kier alpha value is -1.86. The lowest BCUT2D eigenvalue weighted by molar-refractivity contribution is -0.496. The fourth-order valence-electron chi connectivity index (χ4n) is 2.57. The molecule has 0 saturated carbocycles. The zero-order valence-electron chi connectivity index (χ0n) is 13.9. The number of nitro groups is 1. The van der Waals surface area contributed by atoms with Gasteiger partial charge >= 0.3 is 5.37 Å². The van der Waals surface area contributed by atoms with Crippen molar-refractivity contribution < 1.29 is 13.3 Å². The molecule has 0 heterocycles. The highest BCUT2D eigenvalue weighted by Gasteiger charge is 2.44. The first-order valence-electron chi connectivity index (χ1n) is 8.04. The molecule has 0 radical (unpaired) electrons. The van der Waals surface area contributed by atoms with Crippen LogP contribution in [0.4, 0.5) is 0 Å². The van der Waals surface area contributed by atoms with Crippen LogP contribution in [-0.4, -0.2) is 24.0 Å². The first-order chi connectivity index (χ1) is 12.0.